The molecule has 0 bridgehead atoms. The molecule has 2 aromatic carbocycles. The molecule has 4 rings (SSSR count). The number of nitrogens with one attached hydrogen (secondary N) is 1. The lowest BCUT2D eigenvalue weighted by Crippen LogP contribution is -2.29. The van der Waals surface area contributed by atoms with E-state index >= 15 is 0 Å². The van der Waals surface area contributed by atoms with E-state index in [4.69, 9.17) is 9.72 Å². The van der Waals surface area contributed by atoms with Gasteiger partial charge in [0.2, 0.25) is 0 Å². The molecule has 0 radical (unpaired) electrons. The first-order chi connectivity index (χ1) is 12.7. The summed E-state index contributed by atoms with van der Waals surface area (Å²) in [7, 11) is 1.67. The first-order valence-electron chi connectivity index (χ1n) is 9.21. The summed E-state index contributed by atoms with van der Waals surface area (Å²) in [5.41, 5.74) is 3.13. The zero-order valence-corrected chi connectivity index (χ0v) is 17.5. The smallest absolute Gasteiger partial charge is 0.123 e. The van der Waals surface area contributed by atoms with Gasteiger partial charge in [-0.15, -0.1) is 24.8 Å². The summed E-state index contributed by atoms with van der Waals surface area (Å²) >= 11 is 0. The number of ether oxygens (including phenoxy) is 1. The Morgan fingerprint density at radius 3 is 2.50 bits per heavy atom. The molecule has 1 N–H and O–H groups in total. The third-order valence-electron chi connectivity index (χ3n) is 5.22. The van der Waals surface area contributed by atoms with Gasteiger partial charge in [-0.2, -0.15) is 0 Å². The maximum absolute atomic E-state index is 13.3. The highest BCUT2D eigenvalue weighted by atomic mass is 35.5. The number of benzene rings is 2. The second kappa shape index (κ2) is 10.1. The van der Waals surface area contributed by atoms with E-state index in [-0.39, 0.29) is 30.6 Å². The molecule has 152 valence electrons. The maximum atomic E-state index is 13.3. The van der Waals surface area contributed by atoms with Crippen molar-refractivity contribution in [1.82, 2.24) is 14.9 Å². The van der Waals surface area contributed by atoms with Crippen LogP contribution in [0.1, 0.15) is 24.2 Å². The predicted molar refractivity (Wildman–Crippen MR) is 116 cm³/mol. The molecule has 1 saturated heterocycles. The lowest BCUT2D eigenvalue weighted by atomic mass is 9.94. The van der Waals surface area contributed by atoms with Crippen molar-refractivity contribution in [2.45, 2.75) is 25.8 Å². The zero-order chi connectivity index (χ0) is 17.9. The molecular weight excluding hydrogens is 400 g/mol. The second-order valence-corrected chi connectivity index (χ2v) is 6.99. The van der Waals surface area contributed by atoms with Gasteiger partial charge < -0.3 is 14.6 Å². The summed E-state index contributed by atoms with van der Waals surface area (Å²) in [6.07, 6.45) is 3.34. The summed E-state index contributed by atoms with van der Waals surface area (Å²) in [6.45, 7) is 2.86. The van der Waals surface area contributed by atoms with Gasteiger partial charge in [-0.05, 0) is 61.7 Å². The SMILES string of the molecule is COc1ccc2c(c1)nc(CC1CCNCC1)n2Cc1ccc(F)cc1.Cl.Cl. The van der Waals surface area contributed by atoms with Gasteiger partial charge in [0.25, 0.3) is 0 Å². The average Bonchev–Trinajstić information content (AvgIpc) is 3.00. The van der Waals surface area contributed by atoms with Crippen LogP contribution in [0.2, 0.25) is 0 Å². The molecule has 1 fully saturated rings. The minimum absolute atomic E-state index is 0. The molecule has 0 amide bonds. The number of imidazole rings is 1. The molecule has 0 aliphatic carbocycles. The van der Waals surface area contributed by atoms with Crippen LogP contribution in [0, 0.1) is 11.7 Å². The van der Waals surface area contributed by atoms with Gasteiger partial charge in [0, 0.05) is 19.0 Å². The van der Waals surface area contributed by atoms with E-state index in [0.717, 1.165) is 47.7 Å². The van der Waals surface area contributed by atoms with Crippen molar-refractivity contribution in [2.24, 2.45) is 5.92 Å². The number of hydrogen-bond donors (Lipinski definition) is 1. The molecule has 0 atom stereocenters. The largest absolute Gasteiger partial charge is 0.497 e. The molecule has 1 aromatic heterocycles. The van der Waals surface area contributed by atoms with Gasteiger partial charge in [0.15, 0.2) is 0 Å². The van der Waals surface area contributed by atoms with Crippen molar-refractivity contribution < 1.29 is 9.13 Å². The standard InChI is InChI=1S/C21H24FN3O.2ClH/c1-26-18-6-7-20-19(13-18)24-21(12-15-8-10-23-11-9-15)25(20)14-16-2-4-17(22)5-3-16;;/h2-7,13,15,23H,8-12,14H2,1H3;2*1H. The highest BCUT2D eigenvalue weighted by Gasteiger charge is 2.19. The Bertz CT molecular complexity index is 893. The van der Waals surface area contributed by atoms with Gasteiger partial charge in [-0.25, -0.2) is 9.37 Å². The monoisotopic (exact) mass is 425 g/mol. The lowest BCUT2D eigenvalue weighted by Gasteiger charge is -2.22. The summed E-state index contributed by atoms with van der Waals surface area (Å²) in [5, 5.41) is 3.42. The van der Waals surface area contributed by atoms with Gasteiger partial charge in [-0.1, -0.05) is 12.1 Å². The third-order valence-corrected chi connectivity index (χ3v) is 5.22. The Morgan fingerprint density at radius 2 is 1.82 bits per heavy atom. The highest BCUT2D eigenvalue weighted by Crippen LogP contribution is 2.26. The van der Waals surface area contributed by atoms with Crippen LogP contribution in [0.15, 0.2) is 42.5 Å². The Kier molecular flexibility index (Phi) is 8.10. The molecule has 0 spiro atoms. The van der Waals surface area contributed by atoms with E-state index in [1.54, 1.807) is 7.11 Å². The fraction of sp³-hybridized carbons (Fsp3) is 0.381. The summed E-state index contributed by atoms with van der Waals surface area (Å²) in [5.74, 6) is 2.37. The van der Waals surface area contributed by atoms with E-state index in [9.17, 15) is 4.39 Å². The number of rotatable bonds is 5. The van der Waals surface area contributed by atoms with Crippen LogP contribution in [0.5, 0.6) is 5.75 Å². The average molecular weight is 426 g/mol. The molecule has 4 nitrogen and oxygen atoms in total. The number of hydrogen-bond acceptors (Lipinski definition) is 3. The first kappa shape index (κ1) is 22.5. The quantitative estimate of drug-likeness (QED) is 0.647. The number of nitrogens with zero attached hydrogens (tertiary/aromatic N) is 2. The summed E-state index contributed by atoms with van der Waals surface area (Å²) < 4.78 is 20.9. The predicted octanol–water partition coefficient (Wildman–Crippen LogP) is 4.62. The van der Waals surface area contributed by atoms with Crippen molar-refractivity contribution >= 4 is 35.8 Å². The van der Waals surface area contributed by atoms with Crippen molar-refractivity contribution in [3.05, 3.63) is 59.7 Å². The summed E-state index contributed by atoms with van der Waals surface area (Å²) in [4.78, 5) is 4.92. The lowest BCUT2D eigenvalue weighted by molar-refractivity contribution is 0.364. The van der Waals surface area contributed by atoms with E-state index < -0.39 is 0 Å². The molecule has 7 heteroatoms. The number of fused-ring (bicyclic) bond motifs is 1. The van der Waals surface area contributed by atoms with Gasteiger partial charge in [-0.3, -0.25) is 0 Å². The van der Waals surface area contributed by atoms with E-state index in [1.165, 1.54) is 25.0 Å². The normalized spacial score (nSPS) is 14.4. The van der Waals surface area contributed by atoms with Crippen molar-refractivity contribution in [1.29, 1.82) is 0 Å². The Morgan fingerprint density at radius 1 is 1.11 bits per heavy atom. The minimum Gasteiger partial charge on any atom is -0.497 e. The molecule has 1 aliphatic heterocycles. The minimum atomic E-state index is -0.205. The molecule has 1 aliphatic rings. The van der Waals surface area contributed by atoms with E-state index in [1.807, 2.05) is 24.3 Å². The van der Waals surface area contributed by atoms with Crippen LogP contribution < -0.4 is 10.1 Å². The van der Waals surface area contributed by atoms with Gasteiger partial charge >= 0.3 is 0 Å². The van der Waals surface area contributed by atoms with E-state index in [2.05, 4.69) is 16.0 Å². The van der Waals surface area contributed by atoms with Gasteiger partial charge in [0.1, 0.15) is 17.4 Å². The van der Waals surface area contributed by atoms with Crippen LogP contribution in [-0.4, -0.2) is 29.8 Å². The Balaban J connectivity index is 0.00000140. The third kappa shape index (κ3) is 4.96. The molecule has 0 unspecified atom stereocenters. The van der Waals surface area contributed by atoms with Crippen LogP contribution in [0.3, 0.4) is 0 Å². The topological polar surface area (TPSA) is 39.1 Å². The Labute approximate surface area is 177 Å². The van der Waals surface area contributed by atoms with Crippen molar-refractivity contribution in [3.8, 4) is 5.75 Å². The van der Waals surface area contributed by atoms with Crippen molar-refractivity contribution in [3.63, 3.8) is 0 Å². The number of methoxy groups -OCH3 is 1. The number of aromatic nitrogens is 2. The fourth-order valence-electron chi connectivity index (χ4n) is 3.74. The van der Waals surface area contributed by atoms with Crippen LogP contribution in [0.4, 0.5) is 4.39 Å². The molecular formula is C21H26Cl2FN3O. The van der Waals surface area contributed by atoms with Gasteiger partial charge in [0.05, 0.1) is 18.1 Å². The van der Waals surface area contributed by atoms with Crippen LogP contribution in [-0.2, 0) is 13.0 Å². The molecule has 3 aromatic rings. The van der Waals surface area contributed by atoms with E-state index in [0.29, 0.717) is 12.5 Å². The van der Waals surface area contributed by atoms with Crippen molar-refractivity contribution in [2.75, 3.05) is 20.2 Å². The maximum Gasteiger partial charge on any atom is 0.123 e. The fourth-order valence-corrected chi connectivity index (χ4v) is 3.74. The summed E-state index contributed by atoms with van der Waals surface area (Å²) in [6, 6.07) is 12.8. The highest BCUT2D eigenvalue weighted by molar-refractivity contribution is 5.85. The molecule has 0 saturated carbocycles. The zero-order valence-electron chi connectivity index (χ0n) is 15.9. The first-order valence-corrected chi connectivity index (χ1v) is 9.21. The molecule has 2 heterocycles. The van der Waals surface area contributed by atoms with Crippen LogP contribution >= 0.6 is 24.8 Å². The molecule has 28 heavy (non-hydrogen) atoms. The Hall–Kier alpha value is -1.82. The van der Waals surface area contributed by atoms with Crippen LogP contribution in [0.25, 0.3) is 11.0 Å². The second-order valence-electron chi connectivity index (χ2n) is 6.99. The number of piperidine rings is 1. The number of halogens is 3.